The maximum absolute atomic E-state index is 12.1. The zero-order valence-corrected chi connectivity index (χ0v) is 14.6. The number of hydrogen-bond acceptors (Lipinski definition) is 2. The van der Waals surface area contributed by atoms with Gasteiger partial charge in [-0.3, -0.25) is 4.79 Å². The molecular formula is C16H15ClINO2. The Labute approximate surface area is 142 Å². The molecule has 0 aromatic heterocycles. The van der Waals surface area contributed by atoms with Crippen molar-refractivity contribution in [2.45, 2.75) is 20.0 Å². The third-order valence-electron chi connectivity index (χ3n) is 2.92. The normalized spacial score (nSPS) is 11.8. The van der Waals surface area contributed by atoms with Gasteiger partial charge >= 0.3 is 0 Å². The first-order valence-corrected chi connectivity index (χ1v) is 7.90. The number of benzene rings is 2. The molecule has 110 valence electrons. The van der Waals surface area contributed by atoms with Crippen molar-refractivity contribution in [1.29, 1.82) is 0 Å². The van der Waals surface area contributed by atoms with Gasteiger partial charge in [-0.1, -0.05) is 11.6 Å². The number of aryl methyl sites for hydroxylation is 1. The van der Waals surface area contributed by atoms with Crippen molar-refractivity contribution in [1.82, 2.24) is 0 Å². The highest BCUT2D eigenvalue weighted by molar-refractivity contribution is 14.1. The molecule has 1 N–H and O–H groups in total. The van der Waals surface area contributed by atoms with E-state index in [4.69, 9.17) is 16.3 Å². The molecule has 0 saturated heterocycles. The fourth-order valence-corrected chi connectivity index (χ4v) is 2.20. The molecule has 2 rings (SSSR count). The summed E-state index contributed by atoms with van der Waals surface area (Å²) in [6.07, 6.45) is -0.593. The molecular weight excluding hydrogens is 401 g/mol. The van der Waals surface area contributed by atoms with Crippen molar-refractivity contribution in [2.24, 2.45) is 0 Å². The molecule has 0 aliphatic carbocycles. The Morgan fingerprint density at radius 3 is 2.52 bits per heavy atom. The molecule has 0 spiro atoms. The van der Waals surface area contributed by atoms with Crippen LogP contribution in [0.4, 0.5) is 5.69 Å². The molecule has 0 aliphatic heterocycles. The Bertz CT molecular complexity index is 643. The zero-order valence-electron chi connectivity index (χ0n) is 11.7. The van der Waals surface area contributed by atoms with Gasteiger partial charge < -0.3 is 10.1 Å². The van der Waals surface area contributed by atoms with Gasteiger partial charge in [0.1, 0.15) is 5.75 Å². The van der Waals surface area contributed by atoms with Gasteiger partial charge in [-0.05, 0) is 84.5 Å². The lowest BCUT2D eigenvalue weighted by atomic mass is 10.2. The standard InChI is InChI=1S/C16H15ClINO2/c1-10-9-14(7-8-15(10)17)21-11(2)16(20)19-13-5-3-12(18)4-6-13/h3-9,11H,1-2H3,(H,19,20). The predicted molar refractivity (Wildman–Crippen MR) is 94.1 cm³/mol. The van der Waals surface area contributed by atoms with Crippen molar-refractivity contribution >= 4 is 45.8 Å². The van der Waals surface area contributed by atoms with Gasteiger partial charge in [0, 0.05) is 14.3 Å². The van der Waals surface area contributed by atoms with Gasteiger partial charge in [-0.25, -0.2) is 0 Å². The summed E-state index contributed by atoms with van der Waals surface area (Å²) in [6.45, 7) is 3.61. The average Bonchev–Trinajstić information content (AvgIpc) is 2.45. The minimum Gasteiger partial charge on any atom is -0.481 e. The van der Waals surface area contributed by atoms with E-state index in [1.165, 1.54) is 0 Å². The molecule has 0 fully saturated rings. The summed E-state index contributed by atoms with van der Waals surface area (Å²) in [5.74, 6) is 0.436. The lowest BCUT2D eigenvalue weighted by Crippen LogP contribution is -2.30. The van der Waals surface area contributed by atoms with E-state index in [2.05, 4.69) is 27.9 Å². The Morgan fingerprint density at radius 1 is 1.24 bits per heavy atom. The fourth-order valence-electron chi connectivity index (χ4n) is 1.73. The third kappa shape index (κ3) is 4.61. The molecule has 3 nitrogen and oxygen atoms in total. The number of hydrogen-bond donors (Lipinski definition) is 1. The van der Waals surface area contributed by atoms with Crippen molar-refractivity contribution in [3.63, 3.8) is 0 Å². The van der Waals surface area contributed by atoms with Crippen LogP contribution in [0.3, 0.4) is 0 Å². The highest BCUT2D eigenvalue weighted by Gasteiger charge is 2.15. The van der Waals surface area contributed by atoms with Gasteiger partial charge in [0.25, 0.3) is 5.91 Å². The van der Waals surface area contributed by atoms with Gasteiger partial charge in [0.2, 0.25) is 0 Å². The first-order chi connectivity index (χ1) is 9.95. The quantitative estimate of drug-likeness (QED) is 0.738. The Kier molecular flexibility index (Phi) is 5.47. The topological polar surface area (TPSA) is 38.3 Å². The van der Waals surface area contributed by atoms with Crippen LogP contribution < -0.4 is 10.1 Å². The van der Waals surface area contributed by atoms with E-state index in [0.29, 0.717) is 10.8 Å². The maximum atomic E-state index is 12.1. The summed E-state index contributed by atoms with van der Waals surface area (Å²) in [5, 5.41) is 3.50. The monoisotopic (exact) mass is 415 g/mol. The fraction of sp³-hybridized carbons (Fsp3) is 0.188. The third-order valence-corrected chi connectivity index (χ3v) is 4.07. The molecule has 5 heteroatoms. The molecule has 21 heavy (non-hydrogen) atoms. The van der Waals surface area contributed by atoms with Crippen LogP contribution in [0.2, 0.25) is 5.02 Å². The number of amides is 1. The van der Waals surface area contributed by atoms with Crippen molar-refractivity contribution in [2.75, 3.05) is 5.32 Å². The minimum absolute atomic E-state index is 0.191. The van der Waals surface area contributed by atoms with Crippen LogP contribution >= 0.6 is 34.2 Å². The molecule has 0 bridgehead atoms. The summed E-state index contributed by atoms with van der Waals surface area (Å²) in [4.78, 5) is 12.1. The summed E-state index contributed by atoms with van der Waals surface area (Å²) in [6, 6.07) is 12.9. The molecule has 0 radical (unpaired) electrons. The maximum Gasteiger partial charge on any atom is 0.265 e. The summed E-state index contributed by atoms with van der Waals surface area (Å²) in [7, 11) is 0. The molecule has 0 heterocycles. The molecule has 1 atom stereocenters. The zero-order chi connectivity index (χ0) is 15.4. The minimum atomic E-state index is -0.593. The van der Waals surface area contributed by atoms with Crippen LogP contribution in [-0.4, -0.2) is 12.0 Å². The van der Waals surface area contributed by atoms with Crippen LogP contribution in [0, 0.1) is 10.5 Å². The van der Waals surface area contributed by atoms with Gasteiger partial charge in [-0.15, -0.1) is 0 Å². The molecule has 1 amide bonds. The van der Waals surface area contributed by atoms with Gasteiger partial charge in [0.15, 0.2) is 6.10 Å². The Balaban J connectivity index is 1.98. The van der Waals surface area contributed by atoms with Gasteiger partial charge in [-0.2, -0.15) is 0 Å². The van der Waals surface area contributed by atoms with E-state index in [1.54, 1.807) is 19.1 Å². The largest absolute Gasteiger partial charge is 0.481 e. The van der Waals surface area contributed by atoms with E-state index >= 15 is 0 Å². The van der Waals surface area contributed by atoms with E-state index in [1.807, 2.05) is 37.3 Å². The van der Waals surface area contributed by atoms with Gasteiger partial charge in [0.05, 0.1) is 0 Å². The van der Waals surface area contributed by atoms with Crippen LogP contribution in [-0.2, 0) is 4.79 Å². The highest BCUT2D eigenvalue weighted by atomic mass is 127. The number of carbonyl (C=O) groups excluding carboxylic acids is 1. The number of ether oxygens (including phenoxy) is 1. The Hall–Kier alpha value is -1.27. The second kappa shape index (κ2) is 7.13. The van der Waals surface area contributed by atoms with Crippen LogP contribution in [0.1, 0.15) is 12.5 Å². The smallest absolute Gasteiger partial charge is 0.265 e. The molecule has 2 aromatic carbocycles. The molecule has 0 aliphatic rings. The SMILES string of the molecule is Cc1cc(OC(C)C(=O)Nc2ccc(I)cc2)ccc1Cl. The lowest BCUT2D eigenvalue weighted by molar-refractivity contribution is -0.122. The second-order valence-electron chi connectivity index (χ2n) is 4.67. The van der Waals surface area contributed by atoms with E-state index in [9.17, 15) is 4.79 Å². The number of anilines is 1. The van der Waals surface area contributed by atoms with Crippen molar-refractivity contribution < 1.29 is 9.53 Å². The Morgan fingerprint density at radius 2 is 1.90 bits per heavy atom. The van der Waals surface area contributed by atoms with E-state index in [-0.39, 0.29) is 5.91 Å². The molecule has 2 aromatic rings. The number of rotatable bonds is 4. The molecule has 1 unspecified atom stereocenters. The number of carbonyl (C=O) groups is 1. The van der Waals surface area contributed by atoms with Crippen LogP contribution in [0.15, 0.2) is 42.5 Å². The number of nitrogens with one attached hydrogen (secondary N) is 1. The summed E-state index contributed by atoms with van der Waals surface area (Å²) in [5.41, 5.74) is 1.67. The molecule has 0 saturated carbocycles. The highest BCUT2D eigenvalue weighted by Crippen LogP contribution is 2.22. The van der Waals surface area contributed by atoms with Crippen LogP contribution in [0.5, 0.6) is 5.75 Å². The lowest BCUT2D eigenvalue weighted by Gasteiger charge is -2.15. The first-order valence-electron chi connectivity index (χ1n) is 6.45. The van der Waals surface area contributed by atoms with E-state index < -0.39 is 6.10 Å². The van der Waals surface area contributed by atoms with Crippen molar-refractivity contribution in [3.8, 4) is 5.75 Å². The second-order valence-corrected chi connectivity index (χ2v) is 6.32. The number of halogens is 2. The van der Waals surface area contributed by atoms with Crippen LogP contribution in [0.25, 0.3) is 0 Å². The summed E-state index contributed by atoms with van der Waals surface area (Å²) >= 11 is 8.18. The first kappa shape index (κ1) is 16.1. The van der Waals surface area contributed by atoms with Crippen molar-refractivity contribution in [3.05, 3.63) is 56.6 Å². The summed E-state index contributed by atoms with van der Waals surface area (Å²) < 4.78 is 6.75. The van der Waals surface area contributed by atoms with E-state index in [0.717, 1.165) is 14.8 Å². The predicted octanol–water partition coefficient (Wildman–Crippen LogP) is 4.66. The average molecular weight is 416 g/mol.